The van der Waals surface area contributed by atoms with Crippen LogP contribution in [-0.2, 0) is 11.3 Å². The van der Waals surface area contributed by atoms with Crippen LogP contribution in [0, 0.1) is 0 Å². The highest BCUT2D eigenvalue weighted by Crippen LogP contribution is 2.06. The van der Waals surface area contributed by atoms with Crippen LogP contribution in [0.25, 0.3) is 11.0 Å². The summed E-state index contributed by atoms with van der Waals surface area (Å²) in [6.45, 7) is 3.65. The molecule has 3 N–H and O–H groups in total. The summed E-state index contributed by atoms with van der Waals surface area (Å²) in [5.74, 6) is 0.0932. The molecule has 0 aromatic carbocycles. The number of nitrogen functional groups attached to an aromatic ring is 1. The third-order valence-corrected chi connectivity index (χ3v) is 2.18. The molecule has 7 nitrogen and oxygen atoms in total. The van der Waals surface area contributed by atoms with Crippen LogP contribution in [0.2, 0.25) is 0 Å². The van der Waals surface area contributed by atoms with Crippen LogP contribution in [0.15, 0.2) is 11.0 Å². The molecular weight excluding hydrogens is 210 g/mol. The number of nitrogens with two attached hydrogens (primary N) is 1. The number of nitrogens with one attached hydrogen (secondary N) is 1. The molecule has 0 amide bonds. The van der Waals surface area contributed by atoms with Gasteiger partial charge in [-0.15, -0.1) is 0 Å². The maximum Gasteiger partial charge on any atom is 0.263 e. The van der Waals surface area contributed by atoms with Gasteiger partial charge in [-0.1, -0.05) is 0 Å². The van der Waals surface area contributed by atoms with E-state index in [2.05, 4.69) is 15.1 Å². The maximum absolute atomic E-state index is 11.5. The first-order chi connectivity index (χ1) is 7.72. The SMILES string of the molecule is CCOCCn1ncc2c(=O)[nH]c(N)nc21. The predicted octanol–water partition coefficient (Wildman–Crippen LogP) is -0.262. The van der Waals surface area contributed by atoms with Gasteiger partial charge in [0.25, 0.3) is 5.56 Å². The molecule has 0 unspecified atom stereocenters. The van der Waals surface area contributed by atoms with E-state index in [1.165, 1.54) is 6.20 Å². The first-order valence-corrected chi connectivity index (χ1v) is 5.01. The highest BCUT2D eigenvalue weighted by Gasteiger charge is 2.08. The molecule has 0 bridgehead atoms. The number of anilines is 1. The number of nitrogens with zero attached hydrogens (tertiary/aromatic N) is 3. The Hall–Kier alpha value is -1.89. The number of hydrogen-bond donors (Lipinski definition) is 2. The topological polar surface area (TPSA) is 98.8 Å². The first-order valence-electron chi connectivity index (χ1n) is 5.01. The molecule has 0 aliphatic heterocycles. The molecule has 0 aliphatic carbocycles. The highest BCUT2D eigenvalue weighted by molar-refractivity contribution is 5.74. The zero-order valence-corrected chi connectivity index (χ0v) is 8.93. The van der Waals surface area contributed by atoms with Gasteiger partial charge in [0.15, 0.2) is 5.65 Å². The van der Waals surface area contributed by atoms with E-state index in [1.54, 1.807) is 4.68 Å². The fraction of sp³-hybridized carbons (Fsp3) is 0.444. The summed E-state index contributed by atoms with van der Waals surface area (Å²) in [6.07, 6.45) is 1.48. The number of rotatable bonds is 4. The molecule has 0 radical (unpaired) electrons. The molecular formula is C9H13N5O2. The smallest absolute Gasteiger partial charge is 0.263 e. The Kier molecular flexibility index (Phi) is 2.86. The van der Waals surface area contributed by atoms with E-state index in [9.17, 15) is 4.79 Å². The van der Waals surface area contributed by atoms with Crippen LogP contribution >= 0.6 is 0 Å². The molecule has 0 spiro atoms. The summed E-state index contributed by atoms with van der Waals surface area (Å²) in [6, 6.07) is 0. The van der Waals surface area contributed by atoms with Gasteiger partial charge in [-0.2, -0.15) is 10.1 Å². The minimum absolute atomic E-state index is 0.0932. The van der Waals surface area contributed by atoms with Crippen molar-refractivity contribution >= 4 is 17.0 Å². The lowest BCUT2D eigenvalue weighted by Gasteiger charge is -2.02. The minimum Gasteiger partial charge on any atom is -0.380 e. The normalized spacial score (nSPS) is 11.1. The van der Waals surface area contributed by atoms with Crippen molar-refractivity contribution in [2.45, 2.75) is 13.5 Å². The maximum atomic E-state index is 11.5. The Labute approximate surface area is 91.2 Å². The van der Waals surface area contributed by atoms with Crippen LogP contribution in [0.5, 0.6) is 0 Å². The standard InChI is InChI=1S/C9H13N5O2/c1-2-16-4-3-14-7-6(5-11-14)8(15)13-9(10)12-7/h5H,2-4H2,1H3,(H3,10,12,13,15). The fourth-order valence-electron chi connectivity index (χ4n) is 1.44. The molecule has 86 valence electrons. The van der Waals surface area contributed by atoms with E-state index in [1.807, 2.05) is 6.92 Å². The monoisotopic (exact) mass is 223 g/mol. The zero-order valence-electron chi connectivity index (χ0n) is 8.93. The molecule has 2 aromatic heterocycles. The van der Waals surface area contributed by atoms with Crippen molar-refractivity contribution in [3.05, 3.63) is 16.6 Å². The lowest BCUT2D eigenvalue weighted by atomic mass is 10.4. The lowest BCUT2D eigenvalue weighted by molar-refractivity contribution is 0.137. The van der Waals surface area contributed by atoms with E-state index >= 15 is 0 Å². The van der Waals surface area contributed by atoms with E-state index in [0.717, 1.165) is 0 Å². The van der Waals surface area contributed by atoms with E-state index in [4.69, 9.17) is 10.5 Å². The first kappa shape index (κ1) is 10.6. The van der Waals surface area contributed by atoms with E-state index in [-0.39, 0.29) is 11.5 Å². The Morgan fingerprint density at radius 3 is 3.19 bits per heavy atom. The summed E-state index contributed by atoms with van der Waals surface area (Å²) >= 11 is 0. The fourth-order valence-corrected chi connectivity index (χ4v) is 1.44. The molecule has 2 rings (SSSR count). The molecule has 0 atom stereocenters. The summed E-state index contributed by atoms with van der Waals surface area (Å²) in [5, 5.41) is 4.50. The molecule has 0 fully saturated rings. The van der Waals surface area contributed by atoms with Gasteiger partial charge in [0.05, 0.1) is 19.3 Å². The highest BCUT2D eigenvalue weighted by atomic mass is 16.5. The Morgan fingerprint density at radius 2 is 2.44 bits per heavy atom. The van der Waals surface area contributed by atoms with Gasteiger partial charge in [0.1, 0.15) is 5.39 Å². The van der Waals surface area contributed by atoms with Crippen molar-refractivity contribution < 1.29 is 4.74 Å². The van der Waals surface area contributed by atoms with Crippen LogP contribution in [-0.4, -0.2) is 33.0 Å². The summed E-state index contributed by atoms with van der Waals surface area (Å²) in [4.78, 5) is 17.9. The average molecular weight is 223 g/mol. The molecule has 2 aromatic rings. The van der Waals surface area contributed by atoms with Gasteiger partial charge in [0, 0.05) is 6.61 Å². The van der Waals surface area contributed by atoms with Crippen molar-refractivity contribution in [3.63, 3.8) is 0 Å². The van der Waals surface area contributed by atoms with Gasteiger partial charge in [-0.3, -0.25) is 9.78 Å². The predicted molar refractivity (Wildman–Crippen MR) is 59.1 cm³/mol. The molecule has 0 saturated heterocycles. The van der Waals surface area contributed by atoms with E-state index in [0.29, 0.717) is 30.8 Å². The van der Waals surface area contributed by atoms with Crippen molar-refractivity contribution in [1.82, 2.24) is 19.7 Å². The molecule has 0 saturated carbocycles. The number of aromatic nitrogens is 4. The van der Waals surface area contributed by atoms with Gasteiger partial charge < -0.3 is 10.5 Å². The Morgan fingerprint density at radius 1 is 1.62 bits per heavy atom. The van der Waals surface area contributed by atoms with Gasteiger partial charge in [-0.05, 0) is 6.92 Å². The largest absolute Gasteiger partial charge is 0.380 e. The van der Waals surface area contributed by atoms with Crippen LogP contribution in [0.3, 0.4) is 0 Å². The second kappa shape index (κ2) is 4.31. The summed E-state index contributed by atoms with van der Waals surface area (Å²) in [5.41, 5.74) is 5.68. The van der Waals surface area contributed by atoms with Crippen LogP contribution < -0.4 is 11.3 Å². The van der Waals surface area contributed by atoms with Crippen molar-refractivity contribution in [2.75, 3.05) is 18.9 Å². The minimum atomic E-state index is -0.273. The molecule has 7 heteroatoms. The van der Waals surface area contributed by atoms with Crippen molar-refractivity contribution in [2.24, 2.45) is 0 Å². The lowest BCUT2D eigenvalue weighted by Crippen LogP contribution is -2.13. The second-order valence-corrected chi connectivity index (χ2v) is 3.25. The number of aromatic amines is 1. The number of fused-ring (bicyclic) bond motifs is 1. The number of H-pyrrole nitrogens is 1. The molecule has 0 aliphatic rings. The van der Waals surface area contributed by atoms with Gasteiger partial charge >= 0.3 is 0 Å². The van der Waals surface area contributed by atoms with Gasteiger partial charge in [-0.25, -0.2) is 4.68 Å². The van der Waals surface area contributed by atoms with Crippen LogP contribution in [0.4, 0.5) is 5.95 Å². The zero-order chi connectivity index (χ0) is 11.5. The summed E-state index contributed by atoms with van der Waals surface area (Å²) in [7, 11) is 0. The Balaban J connectivity index is 2.36. The number of ether oxygens (including phenoxy) is 1. The molecule has 16 heavy (non-hydrogen) atoms. The number of hydrogen-bond acceptors (Lipinski definition) is 5. The van der Waals surface area contributed by atoms with Crippen LogP contribution in [0.1, 0.15) is 6.92 Å². The second-order valence-electron chi connectivity index (χ2n) is 3.25. The third-order valence-electron chi connectivity index (χ3n) is 2.18. The van der Waals surface area contributed by atoms with Crippen molar-refractivity contribution in [3.8, 4) is 0 Å². The quantitative estimate of drug-likeness (QED) is 0.695. The molecule has 2 heterocycles. The summed E-state index contributed by atoms with van der Waals surface area (Å²) < 4.78 is 6.82. The average Bonchev–Trinajstić information content (AvgIpc) is 2.62. The Bertz CT molecular complexity index is 544. The van der Waals surface area contributed by atoms with Crippen molar-refractivity contribution in [1.29, 1.82) is 0 Å². The van der Waals surface area contributed by atoms with E-state index < -0.39 is 0 Å². The van der Waals surface area contributed by atoms with Gasteiger partial charge in [0.2, 0.25) is 5.95 Å². The third kappa shape index (κ3) is 1.89.